The summed E-state index contributed by atoms with van der Waals surface area (Å²) in [6.07, 6.45) is 77.4. The van der Waals surface area contributed by atoms with Crippen LogP contribution in [0.15, 0.2) is 97.2 Å². The van der Waals surface area contributed by atoms with Crippen molar-refractivity contribution in [3.05, 3.63) is 97.2 Å². The van der Waals surface area contributed by atoms with Gasteiger partial charge < -0.3 is 20.1 Å². The van der Waals surface area contributed by atoms with E-state index in [1.165, 1.54) is 116 Å². The Morgan fingerprint density at radius 1 is 0.425 bits per heavy atom. The van der Waals surface area contributed by atoms with Crippen LogP contribution in [0.2, 0.25) is 0 Å². The van der Waals surface area contributed by atoms with Crippen molar-refractivity contribution in [2.24, 2.45) is 5.73 Å². The highest BCUT2D eigenvalue weighted by atomic mass is 31.2. The van der Waals surface area contributed by atoms with Gasteiger partial charge in [0.2, 0.25) is 0 Å². The normalized spacial score (nSPS) is 13.8. The van der Waals surface area contributed by atoms with E-state index in [0.717, 1.165) is 109 Å². The molecule has 0 aliphatic carbocycles. The molecule has 0 amide bonds. The molecule has 73 heavy (non-hydrogen) atoms. The van der Waals surface area contributed by atoms with Crippen molar-refractivity contribution in [1.29, 1.82) is 0 Å². The maximum atomic E-state index is 12.7. The van der Waals surface area contributed by atoms with Crippen LogP contribution in [0.25, 0.3) is 0 Å². The van der Waals surface area contributed by atoms with Crippen molar-refractivity contribution in [2.75, 3.05) is 26.4 Å². The third-order valence-corrected chi connectivity index (χ3v) is 13.5. The Kier molecular flexibility index (Phi) is 55.7. The highest BCUT2D eigenvalue weighted by Crippen LogP contribution is 2.43. The molecule has 0 aromatic carbocycles. The number of phosphoric ester groups is 1. The van der Waals surface area contributed by atoms with E-state index in [1.54, 1.807) is 0 Å². The molecule has 0 saturated heterocycles. The van der Waals surface area contributed by atoms with Gasteiger partial charge in [0.05, 0.1) is 13.2 Å². The fourth-order valence-corrected chi connectivity index (χ4v) is 8.89. The molecule has 0 aromatic rings. The molecule has 10 heteroatoms. The number of carbonyl (C=O) groups is 2. The molecule has 2 unspecified atom stereocenters. The van der Waals surface area contributed by atoms with E-state index in [-0.39, 0.29) is 38.6 Å². The van der Waals surface area contributed by atoms with Gasteiger partial charge >= 0.3 is 19.8 Å². The van der Waals surface area contributed by atoms with Gasteiger partial charge in [-0.3, -0.25) is 18.6 Å². The average molecular weight is 1040 g/mol. The number of rotatable bonds is 55. The summed E-state index contributed by atoms with van der Waals surface area (Å²) >= 11 is 0. The Morgan fingerprint density at radius 2 is 0.753 bits per heavy atom. The third-order valence-electron chi connectivity index (χ3n) is 12.5. The standard InChI is InChI=1S/C63H110NO8P/c1-3-5-7-9-11-13-15-17-19-21-23-25-26-27-28-29-30-31-32-33-34-36-38-40-42-44-46-48-50-52-54-56-63(66)72-61(60-71-73(67,68)70-58-57-64)59-69-62(65)55-53-51-49-47-45-43-41-39-37-35-24-22-20-18-16-14-12-10-8-6-4-2/h5,7,11,13,17,19,23,25,27-28,30-31,33-34,38,40,61H,3-4,6,8-10,12,14-16,18,20-22,24,26,29,32,35-37,39,41-60,64H2,1-2H3,(H,67,68)/b7-5-,13-11-,19-17-,25-23-,28-27-,31-30-,34-33-,40-38-. The lowest BCUT2D eigenvalue weighted by Gasteiger charge is -2.19. The lowest BCUT2D eigenvalue weighted by molar-refractivity contribution is -0.161. The number of carbonyl (C=O) groups excluding carboxylic acids is 2. The molecule has 0 spiro atoms. The van der Waals surface area contributed by atoms with Crippen LogP contribution in [-0.4, -0.2) is 49.3 Å². The molecule has 0 saturated carbocycles. The van der Waals surface area contributed by atoms with Crippen LogP contribution in [-0.2, 0) is 32.7 Å². The molecule has 2 atom stereocenters. The molecule has 9 nitrogen and oxygen atoms in total. The van der Waals surface area contributed by atoms with Crippen LogP contribution in [0, 0.1) is 0 Å². The van der Waals surface area contributed by atoms with Crippen molar-refractivity contribution < 1.29 is 37.6 Å². The Bertz CT molecular complexity index is 1510. The van der Waals surface area contributed by atoms with Gasteiger partial charge in [-0.25, -0.2) is 4.57 Å². The molecule has 0 aromatic heterocycles. The van der Waals surface area contributed by atoms with E-state index in [0.29, 0.717) is 6.42 Å². The summed E-state index contributed by atoms with van der Waals surface area (Å²) in [6.45, 7) is 3.63. The molecular weight excluding hydrogens is 930 g/mol. The van der Waals surface area contributed by atoms with E-state index < -0.39 is 26.5 Å². The van der Waals surface area contributed by atoms with Crippen LogP contribution in [0.1, 0.15) is 258 Å². The van der Waals surface area contributed by atoms with E-state index in [2.05, 4.69) is 111 Å². The Hall–Kier alpha value is -3.07. The summed E-state index contributed by atoms with van der Waals surface area (Å²) in [5, 5.41) is 0. The van der Waals surface area contributed by atoms with Crippen molar-refractivity contribution in [2.45, 2.75) is 264 Å². The van der Waals surface area contributed by atoms with Gasteiger partial charge in [-0.15, -0.1) is 0 Å². The van der Waals surface area contributed by atoms with Crippen LogP contribution in [0.3, 0.4) is 0 Å². The Morgan fingerprint density at radius 3 is 1.12 bits per heavy atom. The lowest BCUT2D eigenvalue weighted by atomic mass is 10.0. The summed E-state index contributed by atoms with van der Waals surface area (Å²) < 4.78 is 33.0. The highest BCUT2D eigenvalue weighted by molar-refractivity contribution is 7.47. The third kappa shape index (κ3) is 58.1. The number of allylic oxidation sites excluding steroid dienone is 16. The number of hydrogen-bond acceptors (Lipinski definition) is 8. The van der Waals surface area contributed by atoms with Crippen LogP contribution >= 0.6 is 7.82 Å². The molecule has 0 rings (SSSR count). The molecule has 3 N–H and O–H groups in total. The topological polar surface area (TPSA) is 134 Å². The smallest absolute Gasteiger partial charge is 0.462 e. The Labute approximate surface area is 448 Å². The summed E-state index contributed by atoms with van der Waals surface area (Å²) in [6, 6.07) is 0. The lowest BCUT2D eigenvalue weighted by Crippen LogP contribution is -2.29. The second-order valence-electron chi connectivity index (χ2n) is 19.5. The van der Waals surface area contributed by atoms with Crippen molar-refractivity contribution >= 4 is 19.8 Å². The first-order valence-electron chi connectivity index (χ1n) is 29.7. The quantitative estimate of drug-likeness (QED) is 0.0264. The predicted octanol–water partition coefficient (Wildman–Crippen LogP) is 18.8. The first-order valence-corrected chi connectivity index (χ1v) is 31.2. The second kappa shape index (κ2) is 58.2. The second-order valence-corrected chi connectivity index (χ2v) is 20.9. The number of hydrogen-bond donors (Lipinski definition) is 2. The van der Waals surface area contributed by atoms with Gasteiger partial charge in [0.25, 0.3) is 0 Å². The molecule has 420 valence electrons. The number of ether oxygens (including phenoxy) is 2. The van der Waals surface area contributed by atoms with Gasteiger partial charge in [0.15, 0.2) is 6.10 Å². The van der Waals surface area contributed by atoms with Gasteiger partial charge in [-0.05, 0) is 77.0 Å². The van der Waals surface area contributed by atoms with Gasteiger partial charge in [-0.1, -0.05) is 265 Å². The van der Waals surface area contributed by atoms with E-state index >= 15 is 0 Å². The van der Waals surface area contributed by atoms with Crippen LogP contribution in [0.5, 0.6) is 0 Å². The van der Waals surface area contributed by atoms with E-state index in [9.17, 15) is 19.0 Å². The molecule has 0 aliphatic heterocycles. The minimum Gasteiger partial charge on any atom is -0.462 e. The molecule has 0 heterocycles. The average Bonchev–Trinajstić information content (AvgIpc) is 3.38. The summed E-state index contributed by atoms with van der Waals surface area (Å²) in [7, 11) is -4.40. The highest BCUT2D eigenvalue weighted by Gasteiger charge is 2.26. The molecule has 0 bridgehead atoms. The summed E-state index contributed by atoms with van der Waals surface area (Å²) in [4.78, 5) is 35.2. The first kappa shape index (κ1) is 69.9. The number of esters is 2. The number of phosphoric acid groups is 1. The van der Waals surface area contributed by atoms with Crippen molar-refractivity contribution in [3.8, 4) is 0 Å². The van der Waals surface area contributed by atoms with Gasteiger partial charge in [0, 0.05) is 19.4 Å². The minimum atomic E-state index is -4.40. The zero-order valence-corrected chi connectivity index (χ0v) is 47.7. The maximum Gasteiger partial charge on any atom is 0.472 e. The Balaban J connectivity index is 4.04. The summed E-state index contributed by atoms with van der Waals surface area (Å²) in [5.41, 5.74) is 5.38. The maximum absolute atomic E-state index is 12.7. The SMILES string of the molecule is CC/C=C\C/C=C\C/C=C\C/C=C\C/C=C\C/C=C\C/C=C\C/C=C\CCCCCCCCC(=O)OC(COC(=O)CCCCCCCCCCCCCCCCCCCCCCC)COP(=O)(O)OCCN. The monoisotopic (exact) mass is 1040 g/mol. The van der Waals surface area contributed by atoms with Crippen molar-refractivity contribution in [1.82, 2.24) is 0 Å². The molecular formula is C63H110NO8P. The largest absolute Gasteiger partial charge is 0.472 e. The first-order chi connectivity index (χ1) is 35.8. The van der Waals surface area contributed by atoms with Crippen LogP contribution in [0.4, 0.5) is 0 Å². The van der Waals surface area contributed by atoms with E-state index in [1.807, 2.05) is 0 Å². The number of nitrogens with two attached hydrogens (primary N) is 1. The predicted molar refractivity (Wildman–Crippen MR) is 312 cm³/mol. The summed E-state index contributed by atoms with van der Waals surface area (Å²) in [5.74, 6) is -0.841. The minimum absolute atomic E-state index is 0.0473. The molecule has 0 fully saturated rings. The molecule has 0 aliphatic rings. The van der Waals surface area contributed by atoms with Gasteiger partial charge in [-0.2, -0.15) is 0 Å². The fourth-order valence-electron chi connectivity index (χ4n) is 8.12. The van der Waals surface area contributed by atoms with Crippen molar-refractivity contribution in [3.63, 3.8) is 0 Å². The zero-order valence-electron chi connectivity index (χ0n) is 46.8. The van der Waals surface area contributed by atoms with Gasteiger partial charge in [0.1, 0.15) is 6.61 Å². The molecule has 0 radical (unpaired) electrons. The zero-order chi connectivity index (χ0) is 53.1. The van der Waals surface area contributed by atoms with Crippen LogP contribution < -0.4 is 5.73 Å². The fraction of sp³-hybridized carbons (Fsp3) is 0.714. The number of unbranched alkanes of at least 4 members (excludes halogenated alkanes) is 26. The van der Waals surface area contributed by atoms with E-state index in [4.69, 9.17) is 24.3 Å².